The summed E-state index contributed by atoms with van der Waals surface area (Å²) in [7, 11) is 1.62. The zero-order chi connectivity index (χ0) is 12.3. The Hall–Kier alpha value is -1.13. The van der Waals surface area contributed by atoms with Gasteiger partial charge >= 0.3 is 0 Å². The summed E-state index contributed by atoms with van der Waals surface area (Å²) in [6, 6.07) is 3.97. The molecule has 2 rings (SSSR count). The molecule has 0 unspecified atom stereocenters. The van der Waals surface area contributed by atoms with Crippen molar-refractivity contribution in [2.45, 2.75) is 37.2 Å². The Bertz CT molecular complexity index is 373. The van der Waals surface area contributed by atoms with Crippen molar-refractivity contribution in [1.29, 1.82) is 0 Å². The van der Waals surface area contributed by atoms with Gasteiger partial charge in [0.1, 0.15) is 0 Å². The van der Waals surface area contributed by atoms with E-state index in [1.807, 2.05) is 12.1 Å². The minimum Gasteiger partial charge on any atom is -0.481 e. The molecule has 0 aliphatic heterocycles. The Kier molecular flexibility index (Phi) is 3.64. The molecule has 17 heavy (non-hydrogen) atoms. The number of hydrogen-bond donors (Lipinski definition) is 2. The molecule has 1 saturated carbocycles. The van der Waals surface area contributed by atoms with Crippen molar-refractivity contribution in [1.82, 2.24) is 4.98 Å². The second-order valence-electron chi connectivity index (χ2n) is 4.80. The third kappa shape index (κ3) is 2.42. The van der Waals surface area contributed by atoms with Gasteiger partial charge in [-0.25, -0.2) is 4.98 Å². The largest absolute Gasteiger partial charge is 0.481 e. The monoisotopic (exact) mass is 236 g/mol. The first-order valence-electron chi connectivity index (χ1n) is 6.09. The second kappa shape index (κ2) is 5.02. The van der Waals surface area contributed by atoms with E-state index in [2.05, 4.69) is 4.98 Å². The van der Waals surface area contributed by atoms with Gasteiger partial charge in [-0.05, 0) is 37.3 Å². The van der Waals surface area contributed by atoms with Gasteiger partial charge in [0.05, 0.1) is 13.2 Å². The van der Waals surface area contributed by atoms with Gasteiger partial charge in [-0.2, -0.15) is 0 Å². The van der Waals surface area contributed by atoms with Crippen LogP contribution in [0.25, 0.3) is 0 Å². The van der Waals surface area contributed by atoms with Crippen molar-refractivity contribution in [2.24, 2.45) is 5.73 Å². The average Bonchev–Trinajstić information content (AvgIpc) is 2.40. The van der Waals surface area contributed by atoms with Gasteiger partial charge in [0.25, 0.3) is 0 Å². The molecule has 1 aliphatic carbocycles. The topological polar surface area (TPSA) is 68.4 Å². The predicted octanol–water partition coefficient (Wildman–Crippen LogP) is 1.22. The van der Waals surface area contributed by atoms with Gasteiger partial charge in [-0.3, -0.25) is 0 Å². The molecule has 1 heterocycles. The summed E-state index contributed by atoms with van der Waals surface area (Å²) in [6.07, 6.45) is 5.09. The van der Waals surface area contributed by atoms with Crippen LogP contribution in [0.2, 0.25) is 0 Å². The SMILES string of the molecule is COc1cc(C2(CN)CCC(O)CC2)ccn1. The number of nitrogens with two attached hydrogens (primary N) is 1. The molecule has 0 aromatic carbocycles. The maximum Gasteiger partial charge on any atom is 0.213 e. The molecule has 3 N–H and O–H groups in total. The first-order valence-corrected chi connectivity index (χ1v) is 6.09. The fourth-order valence-corrected chi connectivity index (χ4v) is 2.62. The molecule has 1 aliphatic rings. The zero-order valence-corrected chi connectivity index (χ0v) is 10.2. The van der Waals surface area contributed by atoms with Crippen molar-refractivity contribution in [3.63, 3.8) is 0 Å². The number of aromatic nitrogens is 1. The van der Waals surface area contributed by atoms with Crippen LogP contribution in [-0.4, -0.2) is 29.8 Å². The quantitative estimate of drug-likeness (QED) is 0.828. The van der Waals surface area contributed by atoms with Crippen LogP contribution in [0.4, 0.5) is 0 Å². The maximum atomic E-state index is 9.61. The summed E-state index contributed by atoms with van der Waals surface area (Å²) in [5.41, 5.74) is 7.13. The highest BCUT2D eigenvalue weighted by molar-refractivity contribution is 5.30. The van der Waals surface area contributed by atoms with Gasteiger partial charge in [-0.15, -0.1) is 0 Å². The summed E-state index contributed by atoms with van der Waals surface area (Å²) in [5.74, 6) is 0.626. The fourth-order valence-electron chi connectivity index (χ4n) is 2.62. The van der Waals surface area contributed by atoms with Crippen molar-refractivity contribution >= 4 is 0 Å². The van der Waals surface area contributed by atoms with Crippen molar-refractivity contribution in [3.8, 4) is 5.88 Å². The lowest BCUT2D eigenvalue weighted by atomic mass is 9.69. The van der Waals surface area contributed by atoms with E-state index < -0.39 is 0 Å². The van der Waals surface area contributed by atoms with Gasteiger partial charge in [0, 0.05) is 24.2 Å². The van der Waals surface area contributed by atoms with Gasteiger partial charge < -0.3 is 15.6 Å². The van der Waals surface area contributed by atoms with Crippen LogP contribution < -0.4 is 10.5 Å². The number of aliphatic hydroxyl groups is 1. The van der Waals surface area contributed by atoms with Crippen molar-refractivity contribution in [3.05, 3.63) is 23.9 Å². The summed E-state index contributed by atoms with van der Waals surface area (Å²) in [4.78, 5) is 4.12. The summed E-state index contributed by atoms with van der Waals surface area (Å²) >= 11 is 0. The molecule has 0 bridgehead atoms. The summed E-state index contributed by atoms with van der Waals surface area (Å²) in [5, 5.41) is 9.61. The molecule has 1 fully saturated rings. The smallest absolute Gasteiger partial charge is 0.213 e. The minimum atomic E-state index is -0.168. The number of hydrogen-bond acceptors (Lipinski definition) is 4. The van der Waals surface area contributed by atoms with E-state index >= 15 is 0 Å². The van der Waals surface area contributed by atoms with Crippen LogP contribution in [0.3, 0.4) is 0 Å². The lowest BCUT2D eigenvalue weighted by Crippen LogP contribution is -2.40. The van der Waals surface area contributed by atoms with Crippen LogP contribution in [0.1, 0.15) is 31.2 Å². The third-order valence-electron chi connectivity index (χ3n) is 3.86. The fraction of sp³-hybridized carbons (Fsp3) is 0.615. The molecular weight excluding hydrogens is 216 g/mol. The zero-order valence-electron chi connectivity index (χ0n) is 10.2. The highest BCUT2D eigenvalue weighted by atomic mass is 16.5. The molecule has 0 atom stereocenters. The number of nitrogens with zero attached hydrogens (tertiary/aromatic N) is 1. The van der Waals surface area contributed by atoms with Gasteiger partial charge in [-0.1, -0.05) is 0 Å². The molecule has 0 amide bonds. The molecule has 0 spiro atoms. The predicted molar refractivity (Wildman–Crippen MR) is 66.0 cm³/mol. The lowest BCUT2D eigenvalue weighted by molar-refractivity contribution is 0.0973. The molecule has 0 radical (unpaired) electrons. The number of methoxy groups -OCH3 is 1. The third-order valence-corrected chi connectivity index (χ3v) is 3.86. The van der Waals surface area contributed by atoms with Crippen molar-refractivity contribution in [2.75, 3.05) is 13.7 Å². The summed E-state index contributed by atoms with van der Waals surface area (Å²) < 4.78 is 5.15. The van der Waals surface area contributed by atoms with Crippen molar-refractivity contribution < 1.29 is 9.84 Å². The van der Waals surface area contributed by atoms with Crippen LogP contribution in [-0.2, 0) is 5.41 Å². The molecule has 4 nitrogen and oxygen atoms in total. The van der Waals surface area contributed by atoms with Crippen LogP contribution >= 0.6 is 0 Å². The Balaban J connectivity index is 2.27. The molecule has 0 saturated heterocycles. The van der Waals surface area contributed by atoms with E-state index in [1.54, 1.807) is 13.3 Å². The number of ether oxygens (including phenoxy) is 1. The standard InChI is InChI=1S/C13H20N2O2/c1-17-12-8-10(4-7-15-12)13(9-14)5-2-11(16)3-6-13/h4,7-8,11,16H,2-3,5-6,9,14H2,1H3. The number of rotatable bonds is 3. The van der Waals surface area contributed by atoms with Crippen LogP contribution in [0.5, 0.6) is 5.88 Å². The number of aliphatic hydroxyl groups excluding tert-OH is 1. The van der Waals surface area contributed by atoms with Crippen LogP contribution in [0, 0.1) is 0 Å². The van der Waals surface area contributed by atoms with E-state index in [0.29, 0.717) is 12.4 Å². The molecule has 94 valence electrons. The second-order valence-corrected chi connectivity index (χ2v) is 4.80. The lowest BCUT2D eigenvalue weighted by Gasteiger charge is -2.38. The first kappa shape index (κ1) is 12.3. The van der Waals surface area contributed by atoms with E-state index in [9.17, 15) is 5.11 Å². The van der Waals surface area contributed by atoms with Gasteiger partial charge in [0.15, 0.2) is 0 Å². The molecule has 1 aromatic heterocycles. The minimum absolute atomic E-state index is 0.0184. The Labute approximate surface area is 102 Å². The Morgan fingerprint density at radius 1 is 1.53 bits per heavy atom. The Morgan fingerprint density at radius 3 is 2.82 bits per heavy atom. The van der Waals surface area contributed by atoms with Crippen LogP contribution in [0.15, 0.2) is 18.3 Å². The normalized spacial score (nSPS) is 29.0. The highest BCUT2D eigenvalue weighted by Crippen LogP contribution is 2.39. The van der Waals surface area contributed by atoms with E-state index in [4.69, 9.17) is 10.5 Å². The van der Waals surface area contributed by atoms with E-state index in [1.165, 1.54) is 5.56 Å². The van der Waals surface area contributed by atoms with Gasteiger partial charge in [0.2, 0.25) is 5.88 Å². The van der Waals surface area contributed by atoms with E-state index in [0.717, 1.165) is 25.7 Å². The first-order chi connectivity index (χ1) is 8.20. The number of pyridine rings is 1. The molecule has 4 heteroatoms. The Morgan fingerprint density at radius 2 is 2.24 bits per heavy atom. The average molecular weight is 236 g/mol. The highest BCUT2D eigenvalue weighted by Gasteiger charge is 2.35. The summed E-state index contributed by atoms with van der Waals surface area (Å²) in [6.45, 7) is 0.604. The maximum absolute atomic E-state index is 9.61. The van der Waals surface area contributed by atoms with E-state index in [-0.39, 0.29) is 11.5 Å². The molecule has 1 aromatic rings. The molecular formula is C13H20N2O2.